The zero-order valence-electron chi connectivity index (χ0n) is 18.2. The van der Waals surface area contributed by atoms with Crippen molar-refractivity contribution in [2.75, 3.05) is 11.9 Å². The van der Waals surface area contributed by atoms with Gasteiger partial charge in [-0.3, -0.25) is 19.7 Å². The number of benzene rings is 2. The van der Waals surface area contributed by atoms with Gasteiger partial charge in [-0.1, -0.05) is 28.1 Å². The first-order valence-corrected chi connectivity index (χ1v) is 12.0. The number of hydrogen-bond acceptors (Lipinski definition) is 8. The molecule has 0 aliphatic carbocycles. The second-order valence-electron chi connectivity index (χ2n) is 7.26. The minimum absolute atomic E-state index is 0.0449. The van der Waals surface area contributed by atoms with Crippen LogP contribution in [-0.2, 0) is 16.0 Å². The molecule has 10 nitrogen and oxygen atoms in total. The summed E-state index contributed by atoms with van der Waals surface area (Å²) in [6, 6.07) is 12.4. The quantitative estimate of drug-likeness (QED) is 0.201. The molecule has 12 heteroatoms. The summed E-state index contributed by atoms with van der Waals surface area (Å²) >= 11 is 4.43. The zero-order chi connectivity index (χ0) is 25.1. The van der Waals surface area contributed by atoms with E-state index in [2.05, 4.69) is 26.3 Å². The Morgan fingerprint density at radius 2 is 1.86 bits per heavy atom. The predicted molar refractivity (Wildman–Crippen MR) is 134 cm³/mol. The second-order valence-corrected chi connectivity index (χ2v) is 9.06. The number of thiophene rings is 1. The van der Waals surface area contributed by atoms with E-state index in [4.69, 9.17) is 4.74 Å². The van der Waals surface area contributed by atoms with Crippen LogP contribution in [0.25, 0.3) is 16.5 Å². The summed E-state index contributed by atoms with van der Waals surface area (Å²) in [7, 11) is 0. The Morgan fingerprint density at radius 1 is 1.17 bits per heavy atom. The van der Waals surface area contributed by atoms with Crippen molar-refractivity contribution in [2.24, 2.45) is 0 Å². The fourth-order valence-corrected chi connectivity index (χ4v) is 4.56. The number of nitro groups is 1. The van der Waals surface area contributed by atoms with Gasteiger partial charge in [0.25, 0.3) is 11.2 Å². The number of halogens is 1. The number of ether oxygens (including phenoxy) is 1. The van der Waals surface area contributed by atoms with Crippen LogP contribution in [0, 0.1) is 10.1 Å². The van der Waals surface area contributed by atoms with Gasteiger partial charge >= 0.3 is 5.97 Å². The smallest absolute Gasteiger partial charge is 0.359 e. The number of carbonyl (C=O) groups excluding carboxylic acids is 2. The van der Waals surface area contributed by atoms with Crippen molar-refractivity contribution in [1.82, 2.24) is 9.78 Å². The largest absolute Gasteiger partial charge is 0.461 e. The molecule has 0 radical (unpaired) electrons. The Morgan fingerprint density at radius 3 is 2.49 bits per heavy atom. The first-order valence-electron chi connectivity index (χ1n) is 10.3. The number of amides is 1. The van der Waals surface area contributed by atoms with Crippen LogP contribution in [0.2, 0.25) is 0 Å². The van der Waals surface area contributed by atoms with Gasteiger partial charge in [0, 0.05) is 27.4 Å². The third kappa shape index (κ3) is 5.12. The molecule has 2 aromatic carbocycles. The number of nitro benzene ring substituents is 1. The van der Waals surface area contributed by atoms with Crippen LogP contribution in [0.3, 0.4) is 0 Å². The molecular weight excluding hydrogens is 540 g/mol. The predicted octanol–water partition coefficient (Wildman–Crippen LogP) is 4.48. The van der Waals surface area contributed by atoms with Crippen molar-refractivity contribution in [3.05, 3.63) is 90.1 Å². The van der Waals surface area contributed by atoms with E-state index in [1.807, 2.05) is 0 Å². The average Bonchev–Trinajstić information content (AvgIpc) is 3.24. The molecule has 2 heterocycles. The maximum Gasteiger partial charge on any atom is 0.359 e. The number of anilines is 1. The van der Waals surface area contributed by atoms with Gasteiger partial charge in [-0.15, -0.1) is 11.3 Å². The molecule has 0 saturated carbocycles. The number of esters is 1. The number of nitrogens with one attached hydrogen (secondary N) is 1. The molecule has 2 aromatic heterocycles. The fraction of sp³-hybridized carbons (Fsp3) is 0.130. The summed E-state index contributed by atoms with van der Waals surface area (Å²) in [5, 5.41) is 20.0. The molecule has 1 N–H and O–H groups in total. The van der Waals surface area contributed by atoms with E-state index < -0.39 is 22.4 Å². The monoisotopic (exact) mass is 556 g/mol. The Kier molecular flexibility index (Phi) is 7.03. The van der Waals surface area contributed by atoms with Crippen molar-refractivity contribution in [2.45, 2.75) is 13.3 Å². The lowest BCUT2D eigenvalue weighted by molar-refractivity contribution is -0.384. The highest BCUT2D eigenvalue weighted by Gasteiger charge is 2.23. The van der Waals surface area contributed by atoms with E-state index in [1.165, 1.54) is 24.3 Å². The molecule has 0 fully saturated rings. The summed E-state index contributed by atoms with van der Waals surface area (Å²) < 4.78 is 7.03. The number of non-ortho nitro benzene ring substituents is 1. The molecule has 4 rings (SSSR count). The summed E-state index contributed by atoms with van der Waals surface area (Å²) in [5.41, 5.74) is 0.361. The molecule has 0 bridgehead atoms. The minimum Gasteiger partial charge on any atom is -0.461 e. The lowest BCUT2D eigenvalue weighted by Gasteiger charge is -2.10. The van der Waals surface area contributed by atoms with Crippen molar-refractivity contribution in [3.63, 3.8) is 0 Å². The Labute approximate surface area is 210 Å². The molecule has 178 valence electrons. The van der Waals surface area contributed by atoms with E-state index >= 15 is 0 Å². The topological polar surface area (TPSA) is 133 Å². The summed E-state index contributed by atoms with van der Waals surface area (Å²) in [6.45, 7) is 1.79. The van der Waals surface area contributed by atoms with Gasteiger partial charge in [0.2, 0.25) is 5.91 Å². The van der Waals surface area contributed by atoms with Gasteiger partial charge in [0.1, 0.15) is 5.00 Å². The minimum atomic E-state index is -0.690. The molecule has 0 spiro atoms. The lowest BCUT2D eigenvalue weighted by Crippen LogP contribution is -2.25. The van der Waals surface area contributed by atoms with Crippen LogP contribution in [0.4, 0.5) is 10.7 Å². The van der Waals surface area contributed by atoms with E-state index in [-0.39, 0.29) is 40.2 Å². The molecule has 35 heavy (non-hydrogen) atoms. The van der Waals surface area contributed by atoms with Gasteiger partial charge < -0.3 is 10.1 Å². The SMILES string of the molecule is CCOC(=O)c1nn(-c2ccc(Br)cc2)c(=O)c2c(NC(=O)Cc3ccc([N+](=O)[O-])cc3)scc12. The molecule has 0 atom stereocenters. The van der Waals surface area contributed by atoms with Crippen molar-refractivity contribution in [3.8, 4) is 5.69 Å². The average molecular weight is 557 g/mol. The van der Waals surface area contributed by atoms with Gasteiger partial charge in [-0.2, -0.15) is 9.78 Å². The van der Waals surface area contributed by atoms with E-state index in [0.29, 0.717) is 11.3 Å². The van der Waals surface area contributed by atoms with E-state index in [0.717, 1.165) is 20.5 Å². The van der Waals surface area contributed by atoms with Crippen LogP contribution >= 0.6 is 27.3 Å². The molecule has 4 aromatic rings. The van der Waals surface area contributed by atoms with Crippen LogP contribution in [0.5, 0.6) is 0 Å². The van der Waals surface area contributed by atoms with Crippen LogP contribution in [0.1, 0.15) is 23.0 Å². The van der Waals surface area contributed by atoms with Gasteiger partial charge in [0.15, 0.2) is 5.69 Å². The molecule has 0 aliphatic heterocycles. The lowest BCUT2D eigenvalue weighted by atomic mass is 10.1. The number of aromatic nitrogens is 2. The summed E-state index contributed by atoms with van der Waals surface area (Å²) in [6.07, 6.45) is -0.0614. The van der Waals surface area contributed by atoms with Crippen molar-refractivity contribution >= 4 is 60.6 Å². The molecular formula is C23H17BrN4O6S. The van der Waals surface area contributed by atoms with Gasteiger partial charge in [-0.05, 0) is 36.8 Å². The standard InChI is InChI=1S/C23H17BrN4O6S/c1-2-34-23(31)20-17-12-35-21(25-18(29)11-13-3-7-16(8-4-13)28(32)33)19(17)22(30)27(26-20)15-9-5-14(24)6-10-15/h3-10,12H,2,11H2,1H3,(H,25,29). The van der Waals surface area contributed by atoms with Gasteiger partial charge in [-0.25, -0.2) is 4.79 Å². The molecule has 0 saturated heterocycles. The maximum atomic E-state index is 13.4. The number of nitrogens with zero attached hydrogens (tertiary/aromatic N) is 3. The second kappa shape index (κ2) is 10.2. The third-order valence-electron chi connectivity index (χ3n) is 4.96. The van der Waals surface area contributed by atoms with Crippen molar-refractivity contribution in [1.29, 1.82) is 0 Å². The van der Waals surface area contributed by atoms with E-state index in [9.17, 15) is 24.5 Å². The first-order chi connectivity index (χ1) is 16.8. The van der Waals surface area contributed by atoms with Crippen LogP contribution < -0.4 is 10.9 Å². The number of carbonyl (C=O) groups is 2. The summed E-state index contributed by atoms with van der Waals surface area (Å²) in [4.78, 5) is 49.0. The number of rotatable bonds is 7. The Hall–Kier alpha value is -3.90. The molecule has 1 amide bonds. The third-order valence-corrected chi connectivity index (χ3v) is 6.38. The molecule has 0 aliphatic rings. The maximum absolute atomic E-state index is 13.4. The zero-order valence-corrected chi connectivity index (χ0v) is 20.6. The van der Waals surface area contributed by atoms with Crippen molar-refractivity contribution < 1.29 is 19.2 Å². The number of hydrogen-bond donors (Lipinski definition) is 1. The van der Waals surface area contributed by atoms with Gasteiger partial charge in [0.05, 0.1) is 29.0 Å². The van der Waals surface area contributed by atoms with Crippen LogP contribution in [-0.4, -0.2) is 33.2 Å². The highest BCUT2D eigenvalue weighted by Crippen LogP contribution is 2.31. The summed E-state index contributed by atoms with van der Waals surface area (Å²) in [5.74, 6) is -1.11. The first kappa shape index (κ1) is 24.2. The highest BCUT2D eigenvalue weighted by molar-refractivity contribution is 9.10. The fourth-order valence-electron chi connectivity index (χ4n) is 3.34. The number of fused-ring (bicyclic) bond motifs is 1. The molecule has 0 unspecified atom stereocenters. The van der Waals surface area contributed by atoms with Crippen LogP contribution in [0.15, 0.2) is 63.2 Å². The normalized spacial score (nSPS) is 10.8. The Bertz CT molecular complexity index is 1500. The van der Waals surface area contributed by atoms with E-state index in [1.54, 1.807) is 36.6 Å². The highest BCUT2D eigenvalue weighted by atomic mass is 79.9. The Balaban J connectivity index is 1.73.